The molecular formula is C17H30O4. The standard InChI is InChI=1S/C17H30O4/c1-10(2)20-16(18)15(17(19)21-11(3)4)14-8-12(5)7-13(6)9-14/h10-15H,7-9H2,1-6H3. The summed E-state index contributed by atoms with van der Waals surface area (Å²) < 4.78 is 10.6. The Bertz CT molecular complexity index is 330. The Kier molecular flexibility index (Phi) is 6.69. The van der Waals surface area contributed by atoms with E-state index < -0.39 is 17.9 Å². The lowest BCUT2D eigenvalue weighted by Gasteiger charge is -2.34. The van der Waals surface area contributed by atoms with Crippen molar-refractivity contribution < 1.29 is 19.1 Å². The molecule has 0 aliphatic heterocycles. The Labute approximate surface area is 128 Å². The Hall–Kier alpha value is -1.06. The van der Waals surface area contributed by atoms with Crippen molar-refractivity contribution in [1.29, 1.82) is 0 Å². The smallest absolute Gasteiger partial charge is 0.320 e. The molecule has 0 radical (unpaired) electrons. The molecule has 2 atom stereocenters. The lowest BCUT2D eigenvalue weighted by molar-refractivity contribution is -0.170. The molecule has 1 aliphatic rings. The predicted octanol–water partition coefficient (Wildman–Crippen LogP) is 3.58. The molecule has 0 aromatic rings. The van der Waals surface area contributed by atoms with Crippen LogP contribution in [0.1, 0.15) is 60.8 Å². The van der Waals surface area contributed by atoms with Crippen molar-refractivity contribution in [1.82, 2.24) is 0 Å². The number of carbonyl (C=O) groups excluding carboxylic acids is 2. The van der Waals surface area contributed by atoms with Crippen LogP contribution in [-0.2, 0) is 19.1 Å². The first-order chi connectivity index (χ1) is 9.70. The monoisotopic (exact) mass is 298 g/mol. The number of esters is 2. The van der Waals surface area contributed by atoms with Crippen LogP contribution in [0.3, 0.4) is 0 Å². The van der Waals surface area contributed by atoms with Crippen LogP contribution in [0, 0.1) is 23.7 Å². The zero-order chi connectivity index (χ0) is 16.2. The average Bonchev–Trinajstić information content (AvgIpc) is 2.24. The topological polar surface area (TPSA) is 52.6 Å². The summed E-state index contributed by atoms with van der Waals surface area (Å²) in [7, 11) is 0. The van der Waals surface area contributed by atoms with Gasteiger partial charge in [0.1, 0.15) is 0 Å². The Morgan fingerprint density at radius 1 is 0.810 bits per heavy atom. The summed E-state index contributed by atoms with van der Waals surface area (Å²) in [5.41, 5.74) is 0. The minimum Gasteiger partial charge on any atom is -0.462 e. The molecular weight excluding hydrogens is 268 g/mol. The maximum absolute atomic E-state index is 12.4. The third-order valence-electron chi connectivity index (χ3n) is 3.90. The molecule has 21 heavy (non-hydrogen) atoms. The highest BCUT2D eigenvalue weighted by Crippen LogP contribution is 2.38. The van der Waals surface area contributed by atoms with Crippen LogP contribution in [0.15, 0.2) is 0 Å². The van der Waals surface area contributed by atoms with Gasteiger partial charge in [-0.2, -0.15) is 0 Å². The van der Waals surface area contributed by atoms with Crippen molar-refractivity contribution >= 4 is 11.9 Å². The lowest BCUT2D eigenvalue weighted by Crippen LogP contribution is -2.39. The molecule has 1 saturated carbocycles. The van der Waals surface area contributed by atoms with Crippen LogP contribution in [-0.4, -0.2) is 24.1 Å². The van der Waals surface area contributed by atoms with Gasteiger partial charge >= 0.3 is 11.9 Å². The third kappa shape index (κ3) is 5.68. The van der Waals surface area contributed by atoms with Crippen LogP contribution in [0.2, 0.25) is 0 Å². The van der Waals surface area contributed by atoms with Crippen LogP contribution in [0.25, 0.3) is 0 Å². The second-order valence-corrected chi connectivity index (χ2v) is 7.13. The van der Waals surface area contributed by atoms with Gasteiger partial charge in [-0.05, 0) is 64.7 Å². The number of rotatable bonds is 5. The van der Waals surface area contributed by atoms with E-state index in [0.29, 0.717) is 11.8 Å². The molecule has 0 aromatic heterocycles. The molecule has 0 N–H and O–H groups in total. The fourth-order valence-electron chi connectivity index (χ4n) is 3.37. The first-order valence-electron chi connectivity index (χ1n) is 8.11. The maximum Gasteiger partial charge on any atom is 0.320 e. The molecule has 1 rings (SSSR count). The summed E-state index contributed by atoms with van der Waals surface area (Å²) in [6.45, 7) is 11.6. The second kappa shape index (κ2) is 7.81. The van der Waals surface area contributed by atoms with E-state index in [-0.39, 0.29) is 18.1 Å². The van der Waals surface area contributed by atoms with Gasteiger partial charge in [-0.15, -0.1) is 0 Å². The van der Waals surface area contributed by atoms with Gasteiger partial charge < -0.3 is 9.47 Å². The largest absolute Gasteiger partial charge is 0.462 e. The summed E-state index contributed by atoms with van der Waals surface area (Å²) in [5, 5.41) is 0. The zero-order valence-electron chi connectivity index (χ0n) is 14.2. The quantitative estimate of drug-likeness (QED) is 0.575. The zero-order valence-corrected chi connectivity index (χ0v) is 14.2. The van der Waals surface area contributed by atoms with Gasteiger partial charge in [-0.25, -0.2) is 0 Å². The predicted molar refractivity (Wildman–Crippen MR) is 81.6 cm³/mol. The van der Waals surface area contributed by atoms with Gasteiger partial charge in [-0.3, -0.25) is 9.59 Å². The highest BCUT2D eigenvalue weighted by Gasteiger charge is 2.41. The van der Waals surface area contributed by atoms with Gasteiger partial charge in [0.25, 0.3) is 0 Å². The minimum absolute atomic E-state index is 0.0289. The van der Waals surface area contributed by atoms with Crippen molar-refractivity contribution in [3.05, 3.63) is 0 Å². The SMILES string of the molecule is CC1CC(C)CC(C(C(=O)OC(C)C)C(=O)OC(C)C)C1. The molecule has 122 valence electrons. The first kappa shape index (κ1) is 18.0. The summed E-state index contributed by atoms with van der Waals surface area (Å²) >= 11 is 0. The molecule has 0 saturated heterocycles. The molecule has 0 heterocycles. The van der Waals surface area contributed by atoms with Crippen molar-refractivity contribution in [3.8, 4) is 0 Å². The van der Waals surface area contributed by atoms with Crippen LogP contribution in [0.5, 0.6) is 0 Å². The van der Waals surface area contributed by atoms with E-state index >= 15 is 0 Å². The van der Waals surface area contributed by atoms with Gasteiger partial charge in [0.2, 0.25) is 0 Å². The summed E-state index contributed by atoms with van der Waals surface area (Å²) in [6.07, 6.45) is 2.49. The van der Waals surface area contributed by atoms with Gasteiger partial charge in [-0.1, -0.05) is 13.8 Å². The highest BCUT2D eigenvalue weighted by atomic mass is 16.6. The van der Waals surface area contributed by atoms with Crippen molar-refractivity contribution in [3.63, 3.8) is 0 Å². The number of ether oxygens (including phenoxy) is 2. The van der Waals surface area contributed by atoms with E-state index in [1.165, 1.54) is 0 Å². The van der Waals surface area contributed by atoms with Gasteiger partial charge in [0, 0.05) is 0 Å². The minimum atomic E-state index is -0.778. The first-order valence-corrected chi connectivity index (χ1v) is 8.11. The average molecular weight is 298 g/mol. The molecule has 0 bridgehead atoms. The molecule has 0 spiro atoms. The van der Waals surface area contributed by atoms with Crippen LogP contribution >= 0.6 is 0 Å². The van der Waals surface area contributed by atoms with E-state index in [2.05, 4.69) is 13.8 Å². The van der Waals surface area contributed by atoms with E-state index in [1.54, 1.807) is 27.7 Å². The fraction of sp³-hybridized carbons (Fsp3) is 0.882. The van der Waals surface area contributed by atoms with E-state index in [9.17, 15) is 9.59 Å². The van der Waals surface area contributed by atoms with Crippen molar-refractivity contribution in [2.75, 3.05) is 0 Å². The van der Waals surface area contributed by atoms with Gasteiger partial charge in [0.05, 0.1) is 12.2 Å². The Morgan fingerprint density at radius 2 is 1.19 bits per heavy atom. The Morgan fingerprint density at radius 3 is 1.52 bits per heavy atom. The molecule has 0 amide bonds. The highest BCUT2D eigenvalue weighted by molar-refractivity contribution is 5.95. The van der Waals surface area contributed by atoms with Crippen molar-refractivity contribution in [2.45, 2.75) is 73.0 Å². The molecule has 0 aromatic carbocycles. The molecule has 1 fully saturated rings. The maximum atomic E-state index is 12.4. The molecule has 4 heteroatoms. The number of hydrogen-bond donors (Lipinski definition) is 0. The van der Waals surface area contributed by atoms with Crippen LogP contribution < -0.4 is 0 Å². The normalized spacial score (nSPS) is 26.2. The molecule has 2 unspecified atom stereocenters. The van der Waals surface area contributed by atoms with Crippen molar-refractivity contribution in [2.24, 2.45) is 23.7 Å². The fourth-order valence-corrected chi connectivity index (χ4v) is 3.37. The second-order valence-electron chi connectivity index (χ2n) is 7.13. The summed E-state index contributed by atoms with van der Waals surface area (Å²) in [4.78, 5) is 24.7. The lowest BCUT2D eigenvalue weighted by atomic mass is 9.71. The summed E-state index contributed by atoms with van der Waals surface area (Å²) in [6, 6.07) is 0. The van der Waals surface area contributed by atoms with E-state index in [1.807, 2.05) is 0 Å². The molecule has 1 aliphatic carbocycles. The van der Waals surface area contributed by atoms with Crippen LogP contribution in [0.4, 0.5) is 0 Å². The molecule has 4 nitrogen and oxygen atoms in total. The number of carbonyl (C=O) groups is 2. The van der Waals surface area contributed by atoms with E-state index in [0.717, 1.165) is 19.3 Å². The summed E-state index contributed by atoms with van der Waals surface area (Å²) in [5.74, 6) is -0.551. The van der Waals surface area contributed by atoms with E-state index in [4.69, 9.17) is 9.47 Å². The van der Waals surface area contributed by atoms with Gasteiger partial charge in [0.15, 0.2) is 5.92 Å². The Balaban J connectivity index is 2.89. The third-order valence-corrected chi connectivity index (χ3v) is 3.90. The number of hydrogen-bond acceptors (Lipinski definition) is 4.